The molecule has 0 unspecified atom stereocenters. The van der Waals surface area contributed by atoms with Crippen LogP contribution in [0.25, 0.3) is 0 Å². The summed E-state index contributed by atoms with van der Waals surface area (Å²) in [5, 5.41) is 9.96. The van der Waals surface area contributed by atoms with Crippen LogP contribution in [0.15, 0.2) is 18.2 Å². The predicted molar refractivity (Wildman–Crippen MR) is 76.9 cm³/mol. The van der Waals surface area contributed by atoms with E-state index < -0.39 is 17.6 Å². The molecule has 0 saturated carbocycles. The van der Waals surface area contributed by atoms with Crippen LogP contribution < -0.4 is 0 Å². The zero-order valence-electron chi connectivity index (χ0n) is 11.9. The molecule has 2 aromatic rings. The van der Waals surface area contributed by atoms with Crippen LogP contribution in [0.3, 0.4) is 0 Å². The first-order chi connectivity index (χ1) is 9.68. The highest BCUT2D eigenvalue weighted by atomic mass is 32.1. The van der Waals surface area contributed by atoms with E-state index in [0.29, 0.717) is 16.3 Å². The Bertz CT molecular complexity index is 689. The number of rotatable bonds is 3. The van der Waals surface area contributed by atoms with Crippen LogP contribution in [0.4, 0.5) is 8.78 Å². The molecule has 0 atom stereocenters. The van der Waals surface area contributed by atoms with Gasteiger partial charge in [-0.25, -0.2) is 18.6 Å². The minimum atomic E-state index is -1.06. The number of halogens is 2. The van der Waals surface area contributed by atoms with Gasteiger partial charge in [0.25, 0.3) is 0 Å². The highest BCUT2D eigenvalue weighted by Crippen LogP contribution is 2.30. The largest absolute Gasteiger partial charge is 0.477 e. The van der Waals surface area contributed by atoms with Crippen molar-refractivity contribution in [2.75, 3.05) is 0 Å². The second-order valence-corrected chi connectivity index (χ2v) is 6.77. The molecule has 6 heteroatoms. The number of hydrogen-bond donors (Lipinski definition) is 1. The Morgan fingerprint density at radius 3 is 2.48 bits per heavy atom. The molecule has 0 bridgehead atoms. The van der Waals surface area contributed by atoms with Crippen molar-refractivity contribution < 1.29 is 18.7 Å². The van der Waals surface area contributed by atoms with E-state index in [1.54, 1.807) is 0 Å². The van der Waals surface area contributed by atoms with E-state index in [2.05, 4.69) is 4.98 Å². The molecule has 1 aromatic heterocycles. The molecule has 21 heavy (non-hydrogen) atoms. The molecule has 3 nitrogen and oxygen atoms in total. The number of nitrogens with zero attached hydrogens (tertiary/aromatic N) is 1. The number of hydrogen-bond acceptors (Lipinski definition) is 3. The molecule has 0 aliphatic rings. The minimum Gasteiger partial charge on any atom is -0.477 e. The van der Waals surface area contributed by atoms with E-state index in [-0.39, 0.29) is 16.7 Å². The zero-order chi connectivity index (χ0) is 15.8. The molecule has 0 fully saturated rings. The Hall–Kier alpha value is -1.82. The van der Waals surface area contributed by atoms with Crippen molar-refractivity contribution >= 4 is 17.3 Å². The summed E-state index contributed by atoms with van der Waals surface area (Å²) < 4.78 is 26.1. The molecule has 1 heterocycles. The lowest BCUT2D eigenvalue weighted by Crippen LogP contribution is -2.10. The van der Waals surface area contributed by atoms with Gasteiger partial charge in [0.15, 0.2) is 11.6 Å². The Balaban J connectivity index is 2.40. The fraction of sp³-hybridized carbons (Fsp3) is 0.333. The van der Waals surface area contributed by atoms with E-state index in [9.17, 15) is 18.7 Å². The molecule has 0 saturated heterocycles. The molecule has 0 spiro atoms. The number of carboxylic acids is 1. The number of carboxylic acid groups (broad SMARTS) is 1. The molecule has 1 N–H and O–H groups in total. The number of benzene rings is 1. The average Bonchev–Trinajstić information content (AvgIpc) is 2.78. The molecule has 0 radical (unpaired) electrons. The number of aromatic carboxylic acids is 1. The van der Waals surface area contributed by atoms with Crippen molar-refractivity contribution in [3.05, 3.63) is 51.0 Å². The Kier molecular flexibility index (Phi) is 4.09. The van der Waals surface area contributed by atoms with Gasteiger partial charge >= 0.3 is 5.97 Å². The summed E-state index contributed by atoms with van der Waals surface area (Å²) in [5.41, 5.74) is 0.604. The summed E-state index contributed by atoms with van der Waals surface area (Å²) in [6.45, 7) is 5.83. The van der Waals surface area contributed by atoms with E-state index >= 15 is 0 Å². The van der Waals surface area contributed by atoms with Gasteiger partial charge in [-0.2, -0.15) is 0 Å². The Morgan fingerprint density at radius 1 is 1.29 bits per heavy atom. The third kappa shape index (κ3) is 3.44. The van der Waals surface area contributed by atoms with Crippen molar-refractivity contribution in [2.24, 2.45) is 0 Å². The summed E-state index contributed by atoms with van der Waals surface area (Å²) in [7, 11) is 0. The third-order valence-electron chi connectivity index (χ3n) is 2.89. The van der Waals surface area contributed by atoms with Gasteiger partial charge in [0.1, 0.15) is 4.88 Å². The standard InChI is InChI=1S/C15H15F2NO2S/c1-15(2,3)14-18-11(12(21-14)13(19)20)7-8-4-5-9(16)10(17)6-8/h4-6H,7H2,1-3H3,(H,19,20). The molecule has 0 aliphatic heterocycles. The van der Waals surface area contributed by atoms with E-state index in [1.807, 2.05) is 20.8 Å². The molecular weight excluding hydrogens is 296 g/mol. The first-order valence-corrected chi connectivity index (χ1v) is 7.17. The average molecular weight is 311 g/mol. The van der Waals surface area contributed by atoms with Crippen LogP contribution in [0, 0.1) is 11.6 Å². The van der Waals surface area contributed by atoms with Gasteiger partial charge < -0.3 is 5.11 Å². The molecule has 112 valence electrons. The fourth-order valence-electron chi connectivity index (χ4n) is 1.80. The SMILES string of the molecule is CC(C)(C)c1nc(Cc2ccc(F)c(F)c2)c(C(=O)O)s1. The third-order valence-corrected chi connectivity index (χ3v) is 4.40. The van der Waals surface area contributed by atoms with Crippen LogP contribution in [-0.2, 0) is 11.8 Å². The molecule has 0 amide bonds. The van der Waals surface area contributed by atoms with Crippen molar-refractivity contribution in [3.63, 3.8) is 0 Å². The van der Waals surface area contributed by atoms with Gasteiger partial charge in [0.2, 0.25) is 0 Å². The van der Waals surface area contributed by atoms with Gasteiger partial charge in [-0.3, -0.25) is 0 Å². The maximum Gasteiger partial charge on any atom is 0.347 e. The maximum absolute atomic E-state index is 13.2. The molecule has 0 aliphatic carbocycles. The van der Waals surface area contributed by atoms with Crippen LogP contribution >= 0.6 is 11.3 Å². The first kappa shape index (κ1) is 15.6. The van der Waals surface area contributed by atoms with Crippen LogP contribution in [0.2, 0.25) is 0 Å². The fourth-order valence-corrected chi connectivity index (χ4v) is 2.78. The summed E-state index contributed by atoms with van der Waals surface area (Å²) >= 11 is 1.12. The minimum absolute atomic E-state index is 0.143. The number of thiazole rings is 1. The Morgan fingerprint density at radius 2 is 1.95 bits per heavy atom. The second-order valence-electron chi connectivity index (χ2n) is 5.78. The highest BCUT2D eigenvalue weighted by molar-refractivity contribution is 7.13. The van der Waals surface area contributed by atoms with Crippen molar-refractivity contribution in [3.8, 4) is 0 Å². The second kappa shape index (κ2) is 5.52. The summed E-state index contributed by atoms with van der Waals surface area (Å²) in [4.78, 5) is 15.8. The van der Waals surface area contributed by atoms with Gasteiger partial charge in [-0.1, -0.05) is 26.8 Å². The highest BCUT2D eigenvalue weighted by Gasteiger charge is 2.24. The summed E-state index contributed by atoms with van der Waals surface area (Å²) in [6.07, 6.45) is 0.158. The van der Waals surface area contributed by atoms with E-state index in [1.165, 1.54) is 6.07 Å². The van der Waals surface area contributed by atoms with Crippen LogP contribution in [0.1, 0.15) is 46.7 Å². The van der Waals surface area contributed by atoms with Crippen molar-refractivity contribution in [1.82, 2.24) is 4.98 Å². The maximum atomic E-state index is 13.2. The normalized spacial score (nSPS) is 11.7. The van der Waals surface area contributed by atoms with Crippen LogP contribution in [-0.4, -0.2) is 16.1 Å². The predicted octanol–water partition coefficient (Wildman–Crippen LogP) is 4.01. The smallest absolute Gasteiger partial charge is 0.347 e. The van der Waals surface area contributed by atoms with Crippen molar-refractivity contribution in [1.29, 1.82) is 0 Å². The van der Waals surface area contributed by atoms with Crippen LogP contribution in [0.5, 0.6) is 0 Å². The summed E-state index contributed by atoms with van der Waals surface area (Å²) in [5.74, 6) is -2.93. The van der Waals surface area contributed by atoms with Crippen molar-refractivity contribution in [2.45, 2.75) is 32.6 Å². The van der Waals surface area contributed by atoms with Gasteiger partial charge in [-0.05, 0) is 17.7 Å². The first-order valence-electron chi connectivity index (χ1n) is 6.36. The number of carbonyl (C=O) groups is 1. The number of aromatic nitrogens is 1. The Labute approximate surface area is 125 Å². The van der Waals surface area contributed by atoms with Gasteiger partial charge in [0, 0.05) is 11.8 Å². The molecular formula is C15H15F2NO2S. The quantitative estimate of drug-likeness (QED) is 0.932. The molecule has 1 aromatic carbocycles. The van der Waals surface area contributed by atoms with Gasteiger partial charge in [-0.15, -0.1) is 11.3 Å². The topological polar surface area (TPSA) is 50.2 Å². The monoisotopic (exact) mass is 311 g/mol. The lowest BCUT2D eigenvalue weighted by Gasteiger charge is -2.13. The summed E-state index contributed by atoms with van der Waals surface area (Å²) in [6, 6.07) is 3.53. The lowest BCUT2D eigenvalue weighted by molar-refractivity contribution is 0.0701. The lowest BCUT2D eigenvalue weighted by atomic mass is 9.98. The van der Waals surface area contributed by atoms with E-state index in [4.69, 9.17) is 0 Å². The van der Waals surface area contributed by atoms with Gasteiger partial charge in [0.05, 0.1) is 10.7 Å². The van der Waals surface area contributed by atoms with E-state index in [0.717, 1.165) is 23.5 Å². The molecule has 2 rings (SSSR count). The zero-order valence-corrected chi connectivity index (χ0v) is 12.7.